The summed E-state index contributed by atoms with van der Waals surface area (Å²) >= 11 is 10.6. The molecule has 0 heterocycles. The molecule has 2 N–H and O–H groups in total. The lowest BCUT2D eigenvalue weighted by Gasteiger charge is -1.90. The van der Waals surface area contributed by atoms with Gasteiger partial charge in [-0.25, -0.2) is 0 Å². The molecule has 0 aliphatic rings. The fourth-order valence-electron chi connectivity index (χ4n) is 0.0772. The molecule has 0 aromatic heterocycles. The molecule has 1 nitrogen and oxygen atoms in total. The fraction of sp³-hybridized carbons (Fsp3) is 0.500. The molecule has 3 heteroatoms. The third kappa shape index (κ3) is 2.92. The van der Waals surface area contributed by atoms with Gasteiger partial charge in [0.25, 0.3) is 0 Å². The van der Waals surface area contributed by atoms with Crippen molar-refractivity contribution in [2.45, 2.75) is 6.92 Å². The highest BCUT2D eigenvalue weighted by Gasteiger charge is 1.88. The number of halogens is 2. The van der Waals surface area contributed by atoms with E-state index in [4.69, 9.17) is 28.9 Å². The molecule has 0 radical (unpaired) electrons. The van der Waals surface area contributed by atoms with Crippen molar-refractivity contribution in [1.82, 2.24) is 0 Å². The largest absolute Gasteiger partial charge is 0.327 e. The Morgan fingerprint density at radius 1 is 1.57 bits per heavy atom. The topological polar surface area (TPSA) is 26.0 Å². The summed E-state index contributed by atoms with van der Waals surface area (Å²) in [5.41, 5.74) is 5.97. The summed E-state index contributed by atoms with van der Waals surface area (Å²) in [4.78, 5) is 0. The Morgan fingerprint density at radius 2 is 2.00 bits per heavy atom. The molecule has 0 spiro atoms. The van der Waals surface area contributed by atoms with E-state index in [0.29, 0.717) is 6.54 Å². The van der Waals surface area contributed by atoms with Gasteiger partial charge in [0.1, 0.15) is 4.49 Å². The first-order valence-corrected chi connectivity index (χ1v) is 2.65. The molecule has 0 atom stereocenters. The Kier molecular flexibility index (Phi) is 3.44. The third-order valence-corrected chi connectivity index (χ3v) is 1.27. The number of hydrogen-bond donors (Lipinski definition) is 1. The van der Waals surface area contributed by atoms with E-state index in [1.54, 1.807) is 6.92 Å². The van der Waals surface area contributed by atoms with Gasteiger partial charge < -0.3 is 5.73 Å². The van der Waals surface area contributed by atoms with E-state index < -0.39 is 0 Å². The van der Waals surface area contributed by atoms with Gasteiger partial charge in [0.05, 0.1) is 0 Å². The zero-order valence-corrected chi connectivity index (χ0v) is 5.55. The Bertz CT molecular complexity index is 83.7. The molecule has 0 rings (SSSR count). The van der Waals surface area contributed by atoms with Gasteiger partial charge in [-0.2, -0.15) is 0 Å². The van der Waals surface area contributed by atoms with E-state index in [-0.39, 0.29) is 4.49 Å². The van der Waals surface area contributed by atoms with Crippen molar-refractivity contribution < 1.29 is 0 Å². The lowest BCUT2D eigenvalue weighted by molar-refractivity contribution is 1.14. The normalized spacial score (nSPS) is 8.57. The highest BCUT2D eigenvalue weighted by atomic mass is 35.5. The molecule has 0 aliphatic heterocycles. The van der Waals surface area contributed by atoms with Crippen LogP contribution in [0, 0.1) is 0 Å². The molecule has 0 saturated carbocycles. The van der Waals surface area contributed by atoms with Crippen molar-refractivity contribution in [3.63, 3.8) is 0 Å². The summed E-state index contributed by atoms with van der Waals surface area (Å²) < 4.78 is 0.280. The smallest absolute Gasteiger partial charge is 0.107 e. The molecule has 0 unspecified atom stereocenters. The molecule has 0 aromatic carbocycles. The zero-order chi connectivity index (χ0) is 5.86. The Balaban J connectivity index is 3.72. The molecule has 0 aliphatic carbocycles. The summed E-state index contributed by atoms with van der Waals surface area (Å²) in [6.45, 7) is 2.22. The standard InChI is InChI=1S/C4H7Cl2N/c1-3(2-7)4(5)6/h2,7H2,1H3. The van der Waals surface area contributed by atoms with Gasteiger partial charge in [0.2, 0.25) is 0 Å². The van der Waals surface area contributed by atoms with Crippen LogP contribution in [-0.2, 0) is 0 Å². The highest BCUT2D eigenvalue weighted by molar-refractivity contribution is 6.56. The summed E-state index contributed by atoms with van der Waals surface area (Å²) in [5.74, 6) is 0. The number of rotatable bonds is 1. The second kappa shape index (κ2) is 3.30. The molecule has 0 amide bonds. The molecular formula is C4H7Cl2N. The minimum absolute atomic E-state index is 0.280. The predicted molar refractivity (Wildman–Crippen MR) is 33.5 cm³/mol. The van der Waals surface area contributed by atoms with Gasteiger partial charge in [-0.15, -0.1) is 0 Å². The van der Waals surface area contributed by atoms with Gasteiger partial charge >= 0.3 is 0 Å². The van der Waals surface area contributed by atoms with Crippen LogP contribution >= 0.6 is 23.2 Å². The van der Waals surface area contributed by atoms with Crippen LogP contribution in [0.1, 0.15) is 6.92 Å². The van der Waals surface area contributed by atoms with Gasteiger partial charge in [-0.05, 0) is 12.5 Å². The first-order valence-electron chi connectivity index (χ1n) is 1.89. The number of nitrogens with two attached hydrogens (primary N) is 1. The van der Waals surface area contributed by atoms with Crippen molar-refractivity contribution in [3.8, 4) is 0 Å². The zero-order valence-electron chi connectivity index (χ0n) is 4.04. The van der Waals surface area contributed by atoms with Crippen LogP contribution < -0.4 is 5.73 Å². The van der Waals surface area contributed by atoms with Crippen LogP contribution in [0.5, 0.6) is 0 Å². The van der Waals surface area contributed by atoms with Crippen LogP contribution in [-0.4, -0.2) is 6.54 Å². The maximum atomic E-state index is 5.29. The molecule has 42 valence electrons. The first kappa shape index (κ1) is 7.28. The van der Waals surface area contributed by atoms with Gasteiger partial charge in [0.15, 0.2) is 0 Å². The maximum Gasteiger partial charge on any atom is 0.107 e. The van der Waals surface area contributed by atoms with E-state index >= 15 is 0 Å². The highest BCUT2D eigenvalue weighted by Crippen LogP contribution is 2.11. The van der Waals surface area contributed by atoms with Crippen LogP contribution in [0.2, 0.25) is 0 Å². The van der Waals surface area contributed by atoms with Crippen LogP contribution in [0.3, 0.4) is 0 Å². The fourth-order valence-corrected chi connectivity index (χ4v) is 0.231. The first-order chi connectivity index (χ1) is 3.18. The quantitative estimate of drug-likeness (QED) is 0.588. The second-order valence-electron chi connectivity index (χ2n) is 1.24. The van der Waals surface area contributed by atoms with Crippen molar-refractivity contribution in [2.75, 3.05) is 6.54 Å². The van der Waals surface area contributed by atoms with E-state index in [1.807, 2.05) is 0 Å². The lowest BCUT2D eigenvalue weighted by atomic mass is 10.4. The Morgan fingerprint density at radius 3 is 2.00 bits per heavy atom. The molecule has 7 heavy (non-hydrogen) atoms. The summed E-state index contributed by atoms with van der Waals surface area (Å²) in [5, 5.41) is 0. The molecular weight excluding hydrogens is 133 g/mol. The van der Waals surface area contributed by atoms with Gasteiger partial charge in [0, 0.05) is 6.54 Å². The van der Waals surface area contributed by atoms with Crippen molar-refractivity contribution >= 4 is 23.2 Å². The molecule has 0 saturated heterocycles. The monoisotopic (exact) mass is 139 g/mol. The molecule has 0 bridgehead atoms. The lowest BCUT2D eigenvalue weighted by Crippen LogP contribution is -1.99. The Hall–Kier alpha value is 0.280. The van der Waals surface area contributed by atoms with E-state index in [1.165, 1.54) is 0 Å². The minimum Gasteiger partial charge on any atom is -0.327 e. The predicted octanol–water partition coefficient (Wildman–Crippen LogP) is 1.65. The molecule has 0 fully saturated rings. The van der Waals surface area contributed by atoms with Crippen molar-refractivity contribution in [1.29, 1.82) is 0 Å². The van der Waals surface area contributed by atoms with E-state index in [9.17, 15) is 0 Å². The van der Waals surface area contributed by atoms with Crippen LogP contribution in [0.25, 0.3) is 0 Å². The van der Waals surface area contributed by atoms with E-state index in [0.717, 1.165) is 5.57 Å². The second-order valence-corrected chi connectivity index (χ2v) is 2.19. The van der Waals surface area contributed by atoms with Crippen molar-refractivity contribution in [2.24, 2.45) is 5.73 Å². The number of hydrogen-bond acceptors (Lipinski definition) is 1. The molecule has 0 aromatic rings. The summed E-state index contributed by atoms with van der Waals surface area (Å²) in [6, 6.07) is 0. The summed E-state index contributed by atoms with van der Waals surface area (Å²) in [6.07, 6.45) is 0. The average molecular weight is 140 g/mol. The third-order valence-electron chi connectivity index (χ3n) is 0.629. The maximum absolute atomic E-state index is 5.29. The van der Waals surface area contributed by atoms with Gasteiger partial charge in [-0.1, -0.05) is 23.2 Å². The average Bonchev–Trinajstić information content (AvgIpc) is 1.65. The van der Waals surface area contributed by atoms with Crippen LogP contribution in [0.4, 0.5) is 0 Å². The van der Waals surface area contributed by atoms with Crippen molar-refractivity contribution in [3.05, 3.63) is 10.1 Å². The minimum atomic E-state index is 0.280. The van der Waals surface area contributed by atoms with Gasteiger partial charge in [-0.3, -0.25) is 0 Å². The van der Waals surface area contributed by atoms with Crippen LogP contribution in [0.15, 0.2) is 10.1 Å². The summed E-state index contributed by atoms with van der Waals surface area (Å²) in [7, 11) is 0. The SMILES string of the molecule is CC(CN)=C(Cl)Cl. The Labute approximate surface area is 53.1 Å². The van der Waals surface area contributed by atoms with E-state index in [2.05, 4.69) is 0 Å².